The summed E-state index contributed by atoms with van der Waals surface area (Å²) in [5.74, 6) is 1.14. The van der Waals surface area contributed by atoms with Crippen molar-refractivity contribution in [1.82, 2.24) is 19.8 Å². The number of hydrogen-bond donors (Lipinski definition) is 1. The number of imidazole rings is 1. The summed E-state index contributed by atoms with van der Waals surface area (Å²) in [7, 11) is 0. The zero-order valence-electron chi connectivity index (χ0n) is 12.9. The van der Waals surface area contributed by atoms with Crippen LogP contribution >= 0.6 is 11.6 Å². The number of nitrogens with one attached hydrogen (secondary N) is 1. The predicted octanol–water partition coefficient (Wildman–Crippen LogP) is 3.24. The molecule has 1 aromatic carbocycles. The molecule has 4 nitrogen and oxygen atoms in total. The summed E-state index contributed by atoms with van der Waals surface area (Å²) in [6.45, 7) is 10.9. The minimum atomic E-state index is 0.320. The fourth-order valence-electron chi connectivity index (χ4n) is 3.15. The van der Waals surface area contributed by atoms with E-state index < -0.39 is 0 Å². The lowest BCUT2D eigenvalue weighted by Gasteiger charge is -2.33. The second kappa shape index (κ2) is 5.95. The highest BCUT2D eigenvalue weighted by atomic mass is 35.5. The van der Waals surface area contributed by atoms with E-state index >= 15 is 0 Å². The third-order valence-corrected chi connectivity index (χ3v) is 4.50. The maximum absolute atomic E-state index is 6.17. The maximum Gasteiger partial charge on any atom is 0.127 e. The number of benzene rings is 1. The molecule has 2 aromatic rings. The summed E-state index contributed by atoms with van der Waals surface area (Å²) in [4.78, 5) is 7.39. The number of aromatic nitrogens is 2. The highest BCUT2D eigenvalue weighted by Crippen LogP contribution is 2.29. The van der Waals surface area contributed by atoms with Crippen LogP contribution in [0.4, 0.5) is 0 Å². The van der Waals surface area contributed by atoms with Crippen LogP contribution in [0.2, 0.25) is 5.02 Å². The molecule has 1 atom stereocenters. The molecule has 0 bridgehead atoms. The lowest BCUT2D eigenvalue weighted by atomic mass is 10.2. The number of rotatable bonds is 3. The molecule has 2 heterocycles. The van der Waals surface area contributed by atoms with Gasteiger partial charge in [-0.15, -0.1) is 0 Å². The van der Waals surface area contributed by atoms with E-state index in [4.69, 9.17) is 16.6 Å². The van der Waals surface area contributed by atoms with E-state index in [9.17, 15) is 0 Å². The van der Waals surface area contributed by atoms with Crippen LogP contribution in [0.25, 0.3) is 11.0 Å². The van der Waals surface area contributed by atoms with Gasteiger partial charge < -0.3 is 9.88 Å². The first-order chi connectivity index (χ1) is 10.1. The summed E-state index contributed by atoms with van der Waals surface area (Å²) in [6.07, 6.45) is 0. The van der Waals surface area contributed by atoms with Gasteiger partial charge in [-0.3, -0.25) is 4.90 Å². The van der Waals surface area contributed by atoms with Crippen LogP contribution in [0.1, 0.15) is 38.7 Å². The van der Waals surface area contributed by atoms with Gasteiger partial charge in [0.1, 0.15) is 5.82 Å². The van der Waals surface area contributed by atoms with Gasteiger partial charge in [0.25, 0.3) is 0 Å². The Morgan fingerprint density at radius 1 is 1.19 bits per heavy atom. The number of fused-ring (bicyclic) bond motifs is 1. The Labute approximate surface area is 131 Å². The fourth-order valence-corrected chi connectivity index (χ4v) is 3.32. The summed E-state index contributed by atoms with van der Waals surface area (Å²) >= 11 is 6.17. The SMILES string of the molecule is CC(c1nc2ccc(Cl)cc2n1C(C)C)N1CCNCC1. The van der Waals surface area contributed by atoms with Crippen molar-refractivity contribution in [3.8, 4) is 0 Å². The van der Waals surface area contributed by atoms with Gasteiger partial charge in [-0.05, 0) is 39.0 Å². The average molecular weight is 307 g/mol. The van der Waals surface area contributed by atoms with E-state index in [0.717, 1.165) is 48.1 Å². The first kappa shape index (κ1) is 14.8. The Balaban J connectivity index is 2.06. The third kappa shape index (κ3) is 2.80. The number of halogens is 1. The van der Waals surface area contributed by atoms with E-state index in [1.807, 2.05) is 18.2 Å². The molecule has 0 amide bonds. The third-order valence-electron chi connectivity index (χ3n) is 4.27. The van der Waals surface area contributed by atoms with Gasteiger partial charge in [0.15, 0.2) is 0 Å². The smallest absolute Gasteiger partial charge is 0.127 e. The normalized spacial score (nSPS) is 18.5. The van der Waals surface area contributed by atoms with E-state index in [1.54, 1.807) is 0 Å². The summed E-state index contributed by atoms with van der Waals surface area (Å²) in [5.41, 5.74) is 2.17. The van der Waals surface area contributed by atoms with Gasteiger partial charge in [0.2, 0.25) is 0 Å². The molecule has 0 aliphatic carbocycles. The van der Waals surface area contributed by atoms with Crippen molar-refractivity contribution in [3.63, 3.8) is 0 Å². The van der Waals surface area contributed by atoms with Gasteiger partial charge in [0, 0.05) is 37.2 Å². The van der Waals surface area contributed by atoms with E-state index in [1.165, 1.54) is 0 Å². The Bertz CT molecular complexity index is 628. The van der Waals surface area contributed by atoms with Crippen LogP contribution in [0.5, 0.6) is 0 Å². The number of nitrogens with zero attached hydrogens (tertiary/aromatic N) is 3. The van der Waals surface area contributed by atoms with Crippen molar-refractivity contribution in [2.45, 2.75) is 32.9 Å². The molecule has 1 aromatic heterocycles. The molecular weight excluding hydrogens is 284 g/mol. The molecule has 1 N–H and O–H groups in total. The highest BCUT2D eigenvalue weighted by molar-refractivity contribution is 6.31. The molecule has 114 valence electrons. The molecule has 1 aliphatic rings. The van der Waals surface area contributed by atoms with Gasteiger partial charge in [-0.2, -0.15) is 0 Å². The molecule has 1 unspecified atom stereocenters. The highest BCUT2D eigenvalue weighted by Gasteiger charge is 2.24. The first-order valence-corrected chi connectivity index (χ1v) is 8.08. The Morgan fingerprint density at radius 2 is 1.90 bits per heavy atom. The van der Waals surface area contributed by atoms with Gasteiger partial charge in [-0.25, -0.2) is 4.98 Å². The van der Waals surface area contributed by atoms with Crippen molar-refractivity contribution >= 4 is 22.6 Å². The standard InChI is InChI=1S/C16H23ClN4/c1-11(2)21-15-10-13(17)4-5-14(15)19-16(21)12(3)20-8-6-18-7-9-20/h4-5,10-12,18H,6-9H2,1-3H3. The van der Waals surface area contributed by atoms with Crippen molar-refractivity contribution in [2.24, 2.45) is 0 Å². The molecule has 1 saturated heterocycles. The Morgan fingerprint density at radius 3 is 2.57 bits per heavy atom. The van der Waals surface area contributed by atoms with Gasteiger partial charge >= 0.3 is 0 Å². The van der Waals surface area contributed by atoms with Crippen LogP contribution in [-0.2, 0) is 0 Å². The molecule has 5 heteroatoms. The number of hydrogen-bond acceptors (Lipinski definition) is 3. The van der Waals surface area contributed by atoms with E-state index in [-0.39, 0.29) is 0 Å². The Kier molecular flexibility index (Phi) is 4.20. The molecule has 0 saturated carbocycles. The molecule has 0 spiro atoms. The van der Waals surface area contributed by atoms with E-state index in [0.29, 0.717) is 12.1 Å². The van der Waals surface area contributed by atoms with Crippen molar-refractivity contribution < 1.29 is 0 Å². The molecule has 3 rings (SSSR count). The van der Waals surface area contributed by atoms with Crippen molar-refractivity contribution in [2.75, 3.05) is 26.2 Å². The largest absolute Gasteiger partial charge is 0.324 e. The molecule has 0 radical (unpaired) electrons. The fraction of sp³-hybridized carbons (Fsp3) is 0.562. The van der Waals surface area contributed by atoms with Crippen LogP contribution in [-0.4, -0.2) is 40.6 Å². The first-order valence-electron chi connectivity index (χ1n) is 7.70. The number of piperazine rings is 1. The maximum atomic E-state index is 6.17. The second-order valence-electron chi connectivity index (χ2n) is 6.03. The van der Waals surface area contributed by atoms with E-state index in [2.05, 4.69) is 35.6 Å². The minimum Gasteiger partial charge on any atom is -0.324 e. The quantitative estimate of drug-likeness (QED) is 0.945. The average Bonchev–Trinajstić information content (AvgIpc) is 2.86. The predicted molar refractivity (Wildman–Crippen MR) is 88.0 cm³/mol. The topological polar surface area (TPSA) is 33.1 Å². The summed E-state index contributed by atoms with van der Waals surface area (Å²) in [5, 5.41) is 4.18. The van der Waals surface area contributed by atoms with Gasteiger partial charge in [0.05, 0.1) is 17.1 Å². The molecule has 1 aliphatic heterocycles. The van der Waals surface area contributed by atoms with Crippen LogP contribution < -0.4 is 5.32 Å². The summed E-state index contributed by atoms with van der Waals surface area (Å²) < 4.78 is 2.33. The van der Waals surface area contributed by atoms with Crippen molar-refractivity contribution in [1.29, 1.82) is 0 Å². The van der Waals surface area contributed by atoms with Crippen LogP contribution in [0, 0.1) is 0 Å². The molecular formula is C16H23ClN4. The lowest BCUT2D eigenvalue weighted by Crippen LogP contribution is -2.45. The minimum absolute atomic E-state index is 0.320. The Hall–Kier alpha value is -1.10. The summed E-state index contributed by atoms with van der Waals surface area (Å²) in [6, 6.07) is 6.65. The zero-order chi connectivity index (χ0) is 15.0. The monoisotopic (exact) mass is 306 g/mol. The van der Waals surface area contributed by atoms with Crippen LogP contribution in [0.3, 0.4) is 0 Å². The lowest BCUT2D eigenvalue weighted by molar-refractivity contribution is 0.175. The van der Waals surface area contributed by atoms with Crippen molar-refractivity contribution in [3.05, 3.63) is 29.0 Å². The zero-order valence-corrected chi connectivity index (χ0v) is 13.7. The van der Waals surface area contributed by atoms with Crippen LogP contribution in [0.15, 0.2) is 18.2 Å². The molecule has 21 heavy (non-hydrogen) atoms. The van der Waals surface area contributed by atoms with Gasteiger partial charge in [-0.1, -0.05) is 11.6 Å². The molecule has 1 fully saturated rings. The second-order valence-corrected chi connectivity index (χ2v) is 6.47.